The minimum absolute atomic E-state index is 0.0253. The van der Waals surface area contributed by atoms with E-state index >= 15 is 0 Å². The molecule has 1 aromatic carbocycles. The standard InChI is InChI=1S/C15H21NO3/c1-3-19-13-8-6-11(7-9-13)10(2)16-14(15(17)18)12-4-5-12/h6-10,12,14,16H,3-5H2,1-2H3,(H,17,18). The average Bonchev–Trinajstić information content (AvgIpc) is 3.21. The molecule has 0 bridgehead atoms. The molecule has 1 aliphatic rings. The highest BCUT2D eigenvalue weighted by molar-refractivity contribution is 5.74. The largest absolute Gasteiger partial charge is 0.494 e. The second-order valence-corrected chi connectivity index (χ2v) is 5.04. The van der Waals surface area contributed by atoms with Crippen molar-refractivity contribution >= 4 is 5.97 Å². The molecule has 1 saturated carbocycles. The topological polar surface area (TPSA) is 58.6 Å². The first-order chi connectivity index (χ1) is 9.11. The van der Waals surface area contributed by atoms with Crippen LogP contribution in [0.5, 0.6) is 5.75 Å². The molecule has 0 amide bonds. The van der Waals surface area contributed by atoms with E-state index in [2.05, 4.69) is 5.32 Å². The minimum Gasteiger partial charge on any atom is -0.494 e. The molecule has 2 unspecified atom stereocenters. The van der Waals surface area contributed by atoms with Crippen LogP contribution in [0, 0.1) is 5.92 Å². The van der Waals surface area contributed by atoms with Crippen molar-refractivity contribution in [1.29, 1.82) is 0 Å². The van der Waals surface area contributed by atoms with E-state index in [9.17, 15) is 9.90 Å². The number of hydrogen-bond acceptors (Lipinski definition) is 3. The van der Waals surface area contributed by atoms with Gasteiger partial charge in [0.25, 0.3) is 0 Å². The molecule has 1 aromatic rings. The summed E-state index contributed by atoms with van der Waals surface area (Å²) in [7, 11) is 0. The van der Waals surface area contributed by atoms with Crippen LogP contribution < -0.4 is 10.1 Å². The van der Waals surface area contributed by atoms with E-state index < -0.39 is 12.0 Å². The zero-order valence-corrected chi connectivity index (χ0v) is 11.4. The van der Waals surface area contributed by atoms with Gasteiger partial charge in [0.1, 0.15) is 11.8 Å². The van der Waals surface area contributed by atoms with E-state index in [4.69, 9.17) is 4.74 Å². The highest BCUT2D eigenvalue weighted by Gasteiger charge is 2.36. The SMILES string of the molecule is CCOc1ccc(C(C)NC(C(=O)O)C2CC2)cc1. The Morgan fingerprint density at radius 1 is 1.42 bits per heavy atom. The molecule has 0 spiro atoms. The molecule has 1 fully saturated rings. The van der Waals surface area contributed by atoms with Gasteiger partial charge in [0, 0.05) is 6.04 Å². The number of carboxylic acids is 1. The fourth-order valence-electron chi connectivity index (χ4n) is 2.22. The number of nitrogens with one attached hydrogen (secondary N) is 1. The van der Waals surface area contributed by atoms with Gasteiger partial charge in [-0.2, -0.15) is 0 Å². The second-order valence-electron chi connectivity index (χ2n) is 5.04. The second kappa shape index (κ2) is 6.06. The van der Waals surface area contributed by atoms with Crippen LogP contribution in [-0.2, 0) is 4.79 Å². The Labute approximate surface area is 113 Å². The lowest BCUT2D eigenvalue weighted by Crippen LogP contribution is -2.39. The van der Waals surface area contributed by atoms with Crippen LogP contribution in [0.25, 0.3) is 0 Å². The Kier molecular flexibility index (Phi) is 4.43. The van der Waals surface area contributed by atoms with Crippen LogP contribution in [0.2, 0.25) is 0 Å². The summed E-state index contributed by atoms with van der Waals surface area (Å²) in [5.74, 6) is 0.387. The van der Waals surface area contributed by atoms with Crippen molar-refractivity contribution in [2.45, 2.75) is 38.8 Å². The van der Waals surface area contributed by atoms with Gasteiger partial charge >= 0.3 is 5.97 Å². The zero-order valence-electron chi connectivity index (χ0n) is 11.4. The first-order valence-electron chi connectivity index (χ1n) is 6.83. The van der Waals surface area contributed by atoms with Gasteiger partial charge in [0.05, 0.1) is 6.61 Å². The van der Waals surface area contributed by atoms with Crippen LogP contribution in [-0.4, -0.2) is 23.7 Å². The first kappa shape index (κ1) is 13.9. The van der Waals surface area contributed by atoms with Gasteiger partial charge < -0.3 is 9.84 Å². The van der Waals surface area contributed by atoms with Crippen molar-refractivity contribution in [3.63, 3.8) is 0 Å². The van der Waals surface area contributed by atoms with Crippen LogP contribution in [0.3, 0.4) is 0 Å². The molecule has 104 valence electrons. The third kappa shape index (κ3) is 3.70. The molecule has 0 aliphatic heterocycles. The summed E-state index contributed by atoms with van der Waals surface area (Å²) in [6.45, 7) is 4.59. The van der Waals surface area contributed by atoms with Crippen molar-refractivity contribution in [1.82, 2.24) is 5.32 Å². The summed E-state index contributed by atoms with van der Waals surface area (Å²) in [6.07, 6.45) is 2.03. The summed E-state index contributed by atoms with van der Waals surface area (Å²) < 4.78 is 5.39. The highest BCUT2D eigenvalue weighted by Crippen LogP contribution is 2.34. The maximum absolute atomic E-state index is 11.2. The summed E-state index contributed by atoms with van der Waals surface area (Å²) in [6, 6.07) is 7.40. The average molecular weight is 263 g/mol. The number of carboxylic acid groups (broad SMARTS) is 1. The monoisotopic (exact) mass is 263 g/mol. The molecule has 4 heteroatoms. The van der Waals surface area contributed by atoms with Gasteiger partial charge in [-0.3, -0.25) is 10.1 Å². The third-order valence-corrected chi connectivity index (χ3v) is 3.48. The number of carbonyl (C=O) groups is 1. The molecule has 0 saturated heterocycles. The van der Waals surface area contributed by atoms with Crippen molar-refractivity contribution in [3.8, 4) is 5.75 Å². The molecule has 1 aliphatic carbocycles. The maximum atomic E-state index is 11.2. The normalized spacial score (nSPS) is 17.8. The number of aliphatic carboxylic acids is 1. The minimum atomic E-state index is -0.750. The molecular formula is C15H21NO3. The van der Waals surface area contributed by atoms with Crippen LogP contribution >= 0.6 is 0 Å². The molecule has 0 aromatic heterocycles. The highest BCUT2D eigenvalue weighted by atomic mass is 16.5. The lowest BCUT2D eigenvalue weighted by molar-refractivity contribution is -0.140. The van der Waals surface area contributed by atoms with Crippen molar-refractivity contribution < 1.29 is 14.6 Å². The lowest BCUT2D eigenvalue weighted by atomic mass is 10.1. The van der Waals surface area contributed by atoms with Crippen LogP contribution in [0.1, 0.15) is 38.3 Å². The summed E-state index contributed by atoms with van der Waals surface area (Å²) in [5, 5.41) is 12.4. The van der Waals surface area contributed by atoms with E-state index in [0.29, 0.717) is 12.5 Å². The Hall–Kier alpha value is -1.55. The van der Waals surface area contributed by atoms with Crippen LogP contribution in [0.15, 0.2) is 24.3 Å². The molecule has 0 radical (unpaired) electrons. The van der Waals surface area contributed by atoms with Crippen LogP contribution in [0.4, 0.5) is 0 Å². The Morgan fingerprint density at radius 3 is 2.53 bits per heavy atom. The predicted molar refractivity (Wildman–Crippen MR) is 73.3 cm³/mol. The fourth-order valence-corrected chi connectivity index (χ4v) is 2.22. The fraction of sp³-hybridized carbons (Fsp3) is 0.533. The maximum Gasteiger partial charge on any atom is 0.320 e. The number of rotatable bonds is 7. The summed E-state index contributed by atoms with van der Waals surface area (Å²) in [5.41, 5.74) is 1.08. The Bertz CT molecular complexity index is 426. The van der Waals surface area contributed by atoms with Gasteiger partial charge in [-0.25, -0.2) is 0 Å². The summed E-state index contributed by atoms with van der Waals surface area (Å²) in [4.78, 5) is 11.2. The van der Waals surface area contributed by atoms with E-state index in [1.807, 2.05) is 38.1 Å². The van der Waals surface area contributed by atoms with E-state index in [1.54, 1.807) is 0 Å². The third-order valence-electron chi connectivity index (χ3n) is 3.48. The van der Waals surface area contributed by atoms with E-state index in [1.165, 1.54) is 0 Å². The van der Waals surface area contributed by atoms with Gasteiger partial charge in [-0.05, 0) is 50.3 Å². The molecular weight excluding hydrogens is 242 g/mol. The first-order valence-corrected chi connectivity index (χ1v) is 6.83. The van der Waals surface area contributed by atoms with Gasteiger partial charge in [0.15, 0.2) is 0 Å². The molecule has 4 nitrogen and oxygen atoms in total. The van der Waals surface area contributed by atoms with Crippen molar-refractivity contribution in [2.24, 2.45) is 5.92 Å². The molecule has 19 heavy (non-hydrogen) atoms. The zero-order chi connectivity index (χ0) is 13.8. The number of benzene rings is 1. The number of ether oxygens (including phenoxy) is 1. The number of hydrogen-bond donors (Lipinski definition) is 2. The van der Waals surface area contributed by atoms with Gasteiger partial charge in [-0.1, -0.05) is 12.1 Å². The van der Waals surface area contributed by atoms with Crippen molar-refractivity contribution in [3.05, 3.63) is 29.8 Å². The van der Waals surface area contributed by atoms with E-state index in [0.717, 1.165) is 24.2 Å². The lowest BCUT2D eigenvalue weighted by Gasteiger charge is -2.20. The summed E-state index contributed by atoms with van der Waals surface area (Å²) >= 11 is 0. The van der Waals surface area contributed by atoms with E-state index in [-0.39, 0.29) is 6.04 Å². The predicted octanol–water partition coefficient (Wildman–Crippen LogP) is 2.60. The smallest absolute Gasteiger partial charge is 0.320 e. The Balaban J connectivity index is 1.98. The molecule has 2 atom stereocenters. The molecule has 2 rings (SSSR count). The molecule has 0 heterocycles. The van der Waals surface area contributed by atoms with Crippen molar-refractivity contribution in [2.75, 3.05) is 6.61 Å². The Morgan fingerprint density at radius 2 is 2.05 bits per heavy atom. The van der Waals surface area contributed by atoms with Gasteiger partial charge in [0.2, 0.25) is 0 Å². The molecule has 2 N–H and O–H groups in total. The van der Waals surface area contributed by atoms with Gasteiger partial charge in [-0.15, -0.1) is 0 Å². The quantitative estimate of drug-likeness (QED) is 0.794.